The molecule has 8 nitrogen and oxygen atoms in total. The largest absolute Gasteiger partial charge is 0.459 e. The Morgan fingerprint density at radius 1 is 0.909 bits per heavy atom. The molecule has 2 aromatic rings. The highest BCUT2D eigenvalue weighted by Crippen LogP contribution is 2.31. The minimum atomic E-state index is -0.282. The normalized spacial score (nSPS) is 19.6. The van der Waals surface area contributed by atoms with Crippen molar-refractivity contribution in [3.8, 4) is 0 Å². The van der Waals surface area contributed by atoms with E-state index in [1.54, 1.807) is 35.2 Å². The molecule has 5 rings (SSSR count). The Balaban J connectivity index is 1.23. The first kappa shape index (κ1) is 21.4. The Morgan fingerprint density at radius 3 is 2.33 bits per heavy atom. The van der Waals surface area contributed by atoms with Crippen LogP contribution in [0.4, 0.5) is 0 Å². The van der Waals surface area contributed by atoms with Crippen molar-refractivity contribution in [3.05, 3.63) is 59.0 Å². The number of rotatable bonds is 4. The number of carbonyl (C=O) groups excluding carboxylic acids is 4. The summed E-state index contributed by atoms with van der Waals surface area (Å²) in [6.07, 6.45) is 7.62. The van der Waals surface area contributed by atoms with Gasteiger partial charge in [0.25, 0.3) is 23.6 Å². The van der Waals surface area contributed by atoms with Gasteiger partial charge in [0, 0.05) is 30.7 Å². The van der Waals surface area contributed by atoms with Crippen LogP contribution in [0, 0.1) is 0 Å². The first-order valence-corrected chi connectivity index (χ1v) is 11.7. The van der Waals surface area contributed by atoms with E-state index in [0.29, 0.717) is 42.6 Å². The van der Waals surface area contributed by atoms with Crippen LogP contribution < -0.4 is 5.32 Å². The van der Waals surface area contributed by atoms with E-state index < -0.39 is 0 Å². The second-order valence-electron chi connectivity index (χ2n) is 9.05. The second-order valence-corrected chi connectivity index (χ2v) is 9.05. The molecule has 33 heavy (non-hydrogen) atoms. The van der Waals surface area contributed by atoms with E-state index in [0.717, 1.165) is 32.1 Å². The molecule has 0 unspecified atom stereocenters. The third kappa shape index (κ3) is 4.05. The lowest BCUT2D eigenvalue weighted by Gasteiger charge is -2.32. The fraction of sp³-hybridized carbons (Fsp3) is 0.440. The Kier molecular flexibility index (Phi) is 5.74. The van der Waals surface area contributed by atoms with Crippen molar-refractivity contribution in [2.75, 3.05) is 13.1 Å². The van der Waals surface area contributed by atoms with Gasteiger partial charge in [-0.15, -0.1) is 0 Å². The first-order chi connectivity index (χ1) is 16.0. The molecule has 2 aliphatic heterocycles. The molecule has 1 saturated heterocycles. The van der Waals surface area contributed by atoms with Crippen LogP contribution in [0.5, 0.6) is 0 Å². The fourth-order valence-electron chi connectivity index (χ4n) is 5.14. The number of likely N-dealkylation sites (tertiary alicyclic amines) is 1. The second kappa shape index (κ2) is 8.84. The van der Waals surface area contributed by atoms with Crippen molar-refractivity contribution in [2.45, 2.75) is 57.0 Å². The highest BCUT2D eigenvalue weighted by Gasteiger charge is 2.40. The molecule has 4 amide bonds. The van der Waals surface area contributed by atoms with Crippen molar-refractivity contribution in [3.63, 3.8) is 0 Å². The number of furan rings is 1. The Morgan fingerprint density at radius 2 is 1.64 bits per heavy atom. The lowest BCUT2D eigenvalue weighted by Crippen LogP contribution is -2.46. The number of nitrogens with one attached hydrogen (secondary N) is 1. The molecule has 8 heteroatoms. The summed E-state index contributed by atoms with van der Waals surface area (Å²) in [7, 11) is 0. The average Bonchev–Trinajstić information content (AvgIpc) is 3.47. The van der Waals surface area contributed by atoms with E-state index in [4.69, 9.17) is 4.42 Å². The van der Waals surface area contributed by atoms with Crippen molar-refractivity contribution < 1.29 is 23.6 Å². The third-order valence-electron chi connectivity index (χ3n) is 6.97. The lowest BCUT2D eigenvalue weighted by molar-refractivity contribution is 0.0548. The molecule has 1 N–H and O–H groups in total. The van der Waals surface area contributed by atoms with Gasteiger partial charge in [-0.25, -0.2) is 0 Å². The zero-order chi connectivity index (χ0) is 22.9. The van der Waals surface area contributed by atoms with Crippen molar-refractivity contribution in [2.24, 2.45) is 0 Å². The van der Waals surface area contributed by atoms with Crippen LogP contribution in [0.15, 0.2) is 41.0 Å². The van der Waals surface area contributed by atoms with Crippen molar-refractivity contribution in [1.82, 2.24) is 15.1 Å². The van der Waals surface area contributed by atoms with Crippen molar-refractivity contribution >= 4 is 23.6 Å². The summed E-state index contributed by atoms with van der Waals surface area (Å²) in [5, 5.41) is 2.94. The minimum Gasteiger partial charge on any atom is -0.459 e. The van der Waals surface area contributed by atoms with Crippen LogP contribution in [0.25, 0.3) is 0 Å². The van der Waals surface area contributed by atoms with Gasteiger partial charge in [-0.2, -0.15) is 0 Å². The molecular formula is C25H27N3O5. The number of benzene rings is 1. The number of hydrogen-bond donors (Lipinski definition) is 1. The molecule has 1 aromatic heterocycles. The van der Waals surface area contributed by atoms with E-state index in [1.165, 1.54) is 11.2 Å². The van der Waals surface area contributed by atoms with Crippen LogP contribution in [-0.2, 0) is 0 Å². The molecule has 172 valence electrons. The highest BCUT2D eigenvalue weighted by molar-refractivity contribution is 6.22. The number of imide groups is 1. The topological polar surface area (TPSA) is 99.9 Å². The monoisotopic (exact) mass is 449 g/mol. The molecule has 1 aliphatic carbocycles. The van der Waals surface area contributed by atoms with Crippen LogP contribution in [0.2, 0.25) is 0 Å². The zero-order valence-corrected chi connectivity index (χ0v) is 18.4. The molecule has 1 saturated carbocycles. The Bertz CT molecular complexity index is 1080. The number of fused-ring (bicyclic) bond motifs is 1. The van der Waals surface area contributed by atoms with Crippen LogP contribution in [0.1, 0.15) is 86.6 Å². The fourth-order valence-corrected chi connectivity index (χ4v) is 5.14. The summed E-state index contributed by atoms with van der Waals surface area (Å²) < 4.78 is 5.12. The first-order valence-electron chi connectivity index (χ1n) is 11.7. The summed E-state index contributed by atoms with van der Waals surface area (Å²) in [6.45, 7) is 1.00. The quantitative estimate of drug-likeness (QED) is 0.723. The van der Waals surface area contributed by atoms with E-state index in [-0.39, 0.29) is 41.5 Å². The minimum absolute atomic E-state index is 0.0325. The summed E-state index contributed by atoms with van der Waals surface area (Å²) in [6, 6.07) is 8.04. The summed E-state index contributed by atoms with van der Waals surface area (Å²) >= 11 is 0. The number of piperidine rings is 1. The molecule has 1 aromatic carbocycles. The van der Waals surface area contributed by atoms with Gasteiger partial charge < -0.3 is 14.6 Å². The number of hydrogen-bond acceptors (Lipinski definition) is 5. The molecule has 0 bridgehead atoms. The van der Waals surface area contributed by atoms with E-state index >= 15 is 0 Å². The van der Waals surface area contributed by atoms with E-state index in [1.807, 2.05) is 0 Å². The maximum Gasteiger partial charge on any atom is 0.287 e. The SMILES string of the molecule is O=C(NC1CCN(C(=O)c2ccc3c(c2)C(=O)N(C2CCCCC2)C3=O)CC1)c1ccco1. The van der Waals surface area contributed by atoms with Crippen molar-refractivity contribution in [1.29, 1.82) is 0 Å². The van der Waals surface area contributed by atoms with Gasteiger partial charge in [0.2, 0.25) is 0 Å². The number of amides is 4. The predicted octanol–water partition coefficient (Wildman–Crippen LogP) is 3.24. The van der Waals surface area contributed by atoms with Gasteiger partial charge in [0.05, 0.1) is 17.4 Å². The summed E-state index contributed by atoms with van der Waals surface area (Å²) in [5.41, 5.74) is 1.14. The zero-order valence-electron chi connectivity index (χ0n) is 18.4. The standard InChI is InChI=1S/C25H27N3O5/c29-22(21-7-4-14-33-21)26-17-10-12-27(13-11-17)23(30)16-8-9-19-20(15-16)25(32)28(24(19)31)18-5-2-1-3-6-18/h4,7-9,14-15,17-18H,1-3,5-6,10-13H2,(H,26,29). The van der Waals surface area contributed by atoms with Gasteiger partial charge in [-0.3, -0.25) is 24.1 Å². The van der Waals surface area contributed by atoms with Crippen LogP contribution in [0.3, 0.4) is 0 Å². The maximum atomic E-state index is 13.1. The molecule has 0 radical (unpaired) electrons. The van der Waals surface area contributed by atoms with Gasteiger partial charge in [-0.05, 0) is 56.0 Å². The van der Waals surface area contributed by atoms with E-state index in [2.05, 4.69) is 5.32 Å². The average molecular weight is 450 g/mol. The Hall–Kier alpha value is -3.42. The molecule has 3 heterocycles. The van der Waals surface area contributed by atoms with Crippen LogP contribution in [-0.4, -0.2) is 58.6 Å². The Labute approximate surface area is 191 Å². The summed E-state index contributed by atoms with van der Waals surface area (Å²) in [5.74, 6) is -0.669. The molecule has 2 fully saturated rings. The molecule has 0 spiro atoms. The summed E-state index contributed by atoms with van der Waals surface area (Å²) in [4.78, 5) is 54.3. The molecule has 0 atom stereocenters. The highest BCUT2D eigenvalue weighted by atomic mass is 16.3. The third-order valence-corrected chi connectivity index (χ3v) is 6.97. The molecule has 3 aliphatic rings. The van der Waals surface area contributed by atoms with Gasteiger partial charge in [0.15, 0.2) is 5.76 Å². The smallest absolute Gasteiger partial charge is 0.287 e. The predicted molar refractivity (Wildman–Crippen MR) is 119 cm³/mol. The van der Waals surface area contributed by atoms with Crippen LogP contribution >= 0.6 is 0 Å². The molecular weight excluding hydrogens is 422 g/mol. The lowest BCUT2D eigenvalue weighted by atomic mass is 9.94. The number of carbonyl (C=O) groups is 4. The maximum absolute atomic E-state index is 13.1. The number of nitrogens with zero attached hydrogens (tertiary/aromatic N) is 2. The van der Waals surface area contributed by atoms with Gasteiger partial charge >= 0.3 is 0 Å². The van der Waals surface area contributed by atoms with Gasteiger partial charge in [0.1, 0.15) is 0 Å². The van der Waals surface area contributed by atoms with E-state index in [9.17, 15) is 19.2 Å². The van der Waals surface area contributed by atoms with Gasteiger partial charge in [-0.1, -0.05) is 19.3 Å².